The van der Waals surface area contributed by atoms with Crippen LogP contribution in [0, 0.1) is 5.82 Å². The van der Waals surface area contributed by atoms with Crippen molar-refractivity contribution in [1.29, 1.82) is 0 Å². The van der Waals surface area contributed by atoms with Gasteiger partial charge in [-0.3, -0.25) is 0 Å². The summed E-state index contributed by atoms with van der Waals surface area (Å²) < 4.78 is 13.0. The normalized spacial score (nSPS) is 12.5. The summed E-state index contributed by atoms with van der Waals surface area (Å²) in [4.78, 5) is 0. The molecule has 0 aliphatic heterocycles. The van der Waals surface area contributed by atoms with Crippen molar-refractivity contribution in [1.82, 2.24) is 0 Å². The zero-order valence-corrected chi connectivity index (χ0v) is 11.3. The molecule has 1 unspecified atom stereocenters. The standard InChI is InChI=1S/C13H8Cl3FO/c14-9-3-1-2-8(12(9)16)13(18)7-4-5-11(17)10(15)6-7/h1-6,13,18H. The molecule has 18 heavy (non-hydrogen) atoms. The van der Waals surface area contributed by atoms with E-state index < -0.39 is 11.9 Å². The molecular weight excluding hydrogens is 297 g/mol. The Balaban J connectivity index is 2.44. The fourth-order valence-electron chi connectivity index (χ4n) is 1.59. The second-order valence-electron chi connectivity index (χ2n) is 3.72. The molecule has 1 N–H and O–H groups in total. The molecule has 0 aromatic heterocycles. The monoisotopic (exact) mass is 304 g/mol. The van der Waals surface area contributed by atoms with E-state index in [1.165, 1.54) is 18.2 Å². The minimum Gasteiger partial charge on any atom is -0.384 e. The number of benzene rings is 2. The summed E-state index contributed by atoms with van der Waals surface area (Å²) in [5.74, 6) is -0.537. The van der Waals surface area contributed by atoms with E-state index in [0.29, 0.717) is 16.1 Å². The Bertz CT molecular complexity index is 586. The summed E-state index contributed by atoms with van der Waals surface area (Å²) in [6.45, 7) is 0. The summed E-state index contributed by atoms with van der Waals surface area (Å²) in [7, 11) is 0. The maximum Gasteiger partial charge on any atom is 0.141 e. The highest BCUT2D eigenvalue weighted by Gasteiger charge is 2.16. The lowest BCUT2D eigenvalue weighted by atomic mass is 10.0. The fraction of sp³-hybridized carbons (Fsp3) is 0.0769. The maximum atomic E-state index is 13.0. The Labute approximate surface area is 119 Å². The lowest BCUT2D eigenvalue weighted by Gasteiger charge is -2.14. The molecule has 1 atom stereocenters. The molecule has 2 aromatic rings. The summed E-state index contributed by atoms with van der Waals surface area (Å²) in [6, 6.07) is 8.95. The second-order valence-corrected chi connectivity index (χ2v) is 4.91. The quantitative estimate of drug-likeness (QED) is 0.839. The van der Waals surface area contributed by atoms with Gasteiger partial charge in [0.1, 0.15) is 11.9 Å². The van der Waals surface area contributed by atoms with Gasteiger partial charge in [0.05, 0.1) is 15.1 Å². The van der Waals surface area contributed by atoms with E-state index in [-0.39, 0.29) is 10.0 Å². The third-order valence-corrected chi connectivity index (χ3v) is 3.66. The van der Waals surface area contributed by atoms with Crippen LogP contribution in [0.3, 0.4) is 0 Å². The summed E-state index contributed by atoms with van der Waals surface area (Å²) in [5.41, 5.74) is 0.900. The van der Waals surface area contributed by atoms with E-state index in [2.05, 4.69) is 0 Å². The predicted octanol–water partition coefficient (Wildman–Crippen LogP) is 4.87. The van der Waals surface area contributed by atoms with Crippen LogP contribution in [0.1, 0.15) is 17.2 Å². The first kappa shape index (κ1) is 13.6. The molecule has 0 saturated carbocycles. The van der Waals surface area contributed by atoms with Crippen LogP contribution in [-0.4, -0.2) is 5.11 Å². The number of aliphatic hydroxyl groups is 1. The van der Waals surface area contributed by atoms with Crippen LogP contribution in [-0.2, 0) is 0 Å². The molecule has 0 spiro atoms. The number of rotatable bonds is 2. The lowest BCUT2D eigenvalue weighted by molar-refractivity contribution is 0.220. The molecule has 1 nitrogen and oxygen atoms in total. The lowest BCUT2D eigenvalue weighted by Crippen LogP contribution is -2.01. The van der Waals surface area contributed by atoms with E-state index in [9.17, 15) is 9.50 Å². The molecule has 5 heteroatoms. The average molecular weight is 306 g/mol. The first-order valence-electron chi connectivity index (χ1n) is 5.07. The topological polar surface area (TPSA) is 20.2 Å². The van der Waals surface area contributed by atoms with Crippen LogP contribution in [0.4, 0.5) is 4.39 Å². The molecule has 0 aliphatic rings. The van der Waals surface area contributed by atoms with Crippen molar-refractivity contribution in [2.24, 2.45) is 0 Å². The molecule has 0 amide bonds. The van der Waals surface area contributed by atoms with E-state index in [0.717, 1.165) is 0 Å². The van der Waals surface area contributed by atoms with E-state index in [4.69, 9.17) is 34.8 Å². The molecule has 94 valence electrons. The SMILES string of the molecule is OC(c1ccc(F)c(Cl)c1)c1cccc(Cl)c1Cl. The second kappa shape index (κ2) is 5.45. The largest absolute Gasteiger partial charge is 0.384 e. The molecule has 0 bridgehead atoms. The van der Waals surface area contributed by atoms with Gasteiger partial charge in [0.2, 0.25) is 0 Å². The highest BCUT2D eigenvalue weighted by molar-refractivity contribution is 6.42. The van der Waals surface area contributed by atoms with Crippen LogP contribution < -0.4 is 0 Å². The number of aliphatic hydroxyl groups excluding tert-OH is 1. The minimum absolute atomic E-state index is 0.0512. The summed E-state index contributed by atoms with van der Waals surface area (Å²) in [5, 5.41) is 10.8. The van der Waals surface area contributed by atoms with Crippen molar-refractivity contribution in [3.05, 3.63) is 68.4 Å². The smallest absolute Gasteiger partial charge is 0.141 e. The molecule has 0 saturated heterocycles. The highest BCUT2D eigenvalue weighted by atomic mass is 35.5. The summed E-state index contributed by atoms with van der Waals surface area (Å²) in [6.07, 6.45) is -1.01. The fourth-order valence-corrected chi connectivity index (χ4v) is 2.19. The van der Waals surface area contributed by atoms with E-state index >= 15 is 0 Å². The highest BCUT2D eigenvalue weighted by Crippen LogP contribution is 2.34. The van der Waals surface area contributed by atoms with Crippen molar-refractivity contribution in [2.75, 3.05) is 0 Å². The van der Waals surface area contributed by atoms with Crippen molar-refractivity contribution in [3.63, 3.8) is 0 Å². The predicted molar refractivity (Wildman–Crippen MR) is 71.9 cm³/mol. The van der Waals surface area contributed by atoms with Gasteiger partial charge in [-0.1, -0.05) is 53.0 Å². The number of hydrogen-bond donors (Lipinski definition) is 1. The van der Waals surface area contributed by atoms with Crippen molar-refractivity contribution < 1.29 is 9.50 Å². The Morgan fingerprint density at radius 2 is 1.72 bits per heavy atom. The molecule has 2 aromatic carbocycles. The molecule has 0 aliphatic carbocycles. The third kappa shape index (κ3) is 2.62. The van der Waals surface area contributed by atoms with E-state index in [1.54, 1.807) is 18.2 Å². The Hall–Kier alpha value is -0.800. The van der Waals surface area contributed by atoms with Crippen LogP contribution in [0.2, 0.25) is 15.1 Å². The van der Waals surface area contributed by atoms with Gasteiger partial charge < -0.3 is 5.11 Å². The van der Waals surface area contributed by atoms with Gasteiger partial charge in [-0.15, -0.1) is 0 Å². The van der Waals surface area contributed by atoms with Gasteiger partial charge in [0, 0.05) is 5.56 Å². The zero-order valence-electron chi connectivity index (χ0n) is 9.00. The Kier molecular flexibility index (Phi) is 4.13. The molecular formula is C13H8Cl3FO. The van der Waals surface area contributed by atoms with E-state index in [1.807, 2.05) is 0 Å². The molecule has 0 heterocycles. The van der Waals surface area contributed by atoms with Gasteiger partial charge in [-0.25, -0.2) is 4.39 Å². The van der Waals surface area contributed by atoms with Gasteiger partial charge in [-0.2, -0.15) is 0 Å². The van der Waals surface area contributed by atoms with Gasteiger partial charge in [0.25, 0.3) is 0 Å². The van der Waals surface area contributed by atoms with Crippen LogP contribution >= 0.6 is 34.8 Å². The third-order valence-electron chi connectivity index (χ3n) is 2.54. The first-order chi connectivity index (χ1) is 8.50. The average Bonchev–Trinajstić information content (AvgIpc) is 2.35. The maximum absolute atomic E-state index is 13.0. The Morgan fingerprint density at radius 3 is 2.39 bits per heavy atom. The van der Waals surface area contributed by atoms with Crippen molar-refractivity contribution >= 4 is 34.8 Å². The van der Waals surface area contributed by atoms with Crippen molar-refractivity contribution in [2.45, 2.75) is 6.10 Å². The minimum atomic E-state index is -1.01. The number of hydrogen-bond acceptors (Lipinski definition) is 1. The molecule has 0 fully saturated rings. The number of halogens is 4. The van der Waals surface area contributed by atoms with Gasteiger partial charge in [0.15, 0.2) is 0 Å². The van der Waals surface area contributed by atoms with Gasteiger partial charge in [-0.05, 0) is 23.8 Å². The molecule has 2 rings (SSSR count). The van der Waals surface area contributed by atoms with Crippen LogP contribution in [0.15, 0.2) is 36.4 Å². The van der Waals surface area contributed by atoms with Crippen LogP contribution in [0.25, 0.3) is 0 Å². The molecule has 0 radical (unpaired) electrons. The van der Waals surface area contributed by atoms with Crippen LogP contribution in [0.5, 0.6) is 0 Å². The zero-order chi connectivity index (χ0) is 13.3. The first-order valence-corrected chi connectivity index (χ1v) is 6.21. The van der Waals surface area contributed by atoms with Crippen molar-refractivity contribution in [3.8, 4) is 0 Å². The van der Waals surface area contributed by atoms with Gasteiger partial charge >= 0.3 is 0 Å². The summed E-state index contributed by atoms with van der Waals surface area (Å²) >= 11 is 17.6. The Morgan fingerprint density at radius 1 is 1.00 bits per heavy atom.